The Labute approximate surface area is 191 Å². The highest BCUT2D eigenvalue weighted by Gasteiger charge is 2.18. The van der Waals surface area contributed by atoms with Gasteiger partial charge in [-0.05, 0) is 55.0 Å². The second kappa shape index (κ2) is 9.37. The van der Waals surface area contributed by atoms with Crippen LogP contribution in [-0.4, -0.2) is 21.7 Å². The summed E-state index contributed by atoms with van der Waals surface area (Å²) >= 11 is 0. The molecule has 4 rings (SSSR count). The van der Waals surface area contributed by atoms with Crippen LogP contribution in [0.25, 0.3) is 10.9 Å². The van der Waals surface area contributed by atoms with Gasteiger partial charge in [-0.15, -0.1) is 0 Å². The van der Waals surface area contributed by atoms with Gasteiger partial charge in [-0.25, -0.2) is 0 Å². The fourth-order valence-electron chi connectivity index (χ4n) is 3.64. The standard InChI is InChI=1S/C26H22N4O3/c1-17(33-18(2)31)25-23-5-3-4-6-24(23)30(29-25)16-20-9-13-22(14-10-20)28-26(32)21-11-7-19(15-27)8-12-21/h3-14,17H,16H2,1-2H3,(H,28,32). The zero-order chi connectivity index (χ0) is 23.4. The number of nitrogens with zero attached hydrogens (tertiary/aromatic N) is 3. The molecular weight excluding hydrogens is 416 g/mol. The molecule has 7 heteroatoms. The fraction of sp³-hybridized carbons (Fsp3) is 0.154. The summed E-state index contributed by atoms with van der Waals surface area (Å²) in [4.78, 5) is 23.8. The lowest BCUT2D eigenvalue weighted by molar-refractivity contribution is -0.145. The third kappa shape index (κ3) is 4.91. The molecule has 7 nitrogen and oxygen atoms in total. The first-order valence-electron chi connectivity index (χ1n) is 10.5. The van der Waals surface area contributed by atoms with Crippen molar-refractivity contribution in [3.05, 3.63) is 95.2 Å². The molecule has 0 radical (unpaired) electrons. The number of esters is 1. The highest BCUT2D eigenvalue weighted by Crippen LogP contribution is 2.26. The van der Waals surface area contributed by atoms with E-state index in [1.165, 1.54) is 6.92 Å². The number of carbonyl (C=O) groups is 2. The highest BCUT2D eigenvalue weighted by molar-refractivity contribution is 6.04. The molecule has 1 amide bonds. The summed E-state index contributed by atoms with van der Waals surface area (Å²) in [6, 6.07) is 23.9. The van der Waals surface area contributed by atoms with Gasteiger partial charge in [0.15, 0.2) is 0 Å². The summed E-state index contributed by atoms with van der Waals surface area (Å²) in [5, 5.41) is 17.4. The summed E-state index contributed by atoms with van der Waals surface area (Å²) in [6.45, 7) is 3.72. The largest absolute Gasteiger partial charge is 0.456 e. The summed E-state index contributed by atoms with van der Waals surface area (Å²) in [5.41, 5.74) is 4.33. The van der Waals surface area contributed by atoms with Gasteiger partial charge in [0, 0.05) is 23.6 Å². The molecule has 4 aromatic rings. The van der Waals surface area contributed by atoms with E-state index in [1.807, 2.05) is 66.2 Å². The smallest absolute Gasteiger partial charge is 0.303 e. The molecule has 0 aliphatic heterocycles. The number of nitrogens with one attached hydrogen (secondary N) is 1. The van der Waals surface area contributed by atoms with E-state index in [9.17, 15) is 9.59 Å². The molecule has 33 heavy (non-hydrogen) atoms. The van der Waals surface area contributed by atoms with Crippen molar-refractivity contribution < 1.29 is 14.3 Å². The zero-order valence-electron chi connectivity index (χ0n) is 18.3. The quantitative estimate of drug-likeness (QED) is 0.435. The van der Waals surface area contributed by atoms with Gasteiger partial charge in [0.2, 0.25) is 0 Å². The second-order valence-corrected chi connectivity index (χ2v) is 7.65. The van der Waals surface area contributed by atoms with Crippen molar-refractivity contribution in [1.29, 1.82) is 5.26 Å². The number of aromatic nitrogens is 2. The van der Waals surface area contributed by atoms with Crippen molar-refractivity contribution in [2.24, 2.45) is 0 Å². The van der Waals surface area contributed by atoms with Crippen LogP contribution in [0.5, 0.6) is 0 Å². The third-order valence-electron chi connectivity index (χ3n) is 5.23. The predicted molar refractivity (Wildman–Crippen MR) is 125 cm³/mol. The lowest BCUT2D eigenvalue weighted by atomic mass is 10.1. The molecule has 1 atom stereocenters. The SMILES string of the molecule is CC(=O)OC(C)c1nn(Cc2ccc(NC(=O)c3ccc(C#N)cc3)cc2)c2ccccc12. The Hall–Kier alpha value is -4.44. The molecule has 0 saturated carbocycles. The van der Waals surface area contributed by atoms with Crippen LogP contribution in [0, 0.1) is 11.3 Å². The molecule has 0 aliphatic rings. The molecule has 3 aromatic carbocycles. The Morgan fingerprint density at radius 2 is 1.76 bits per heavy atom. The minimum atomic E-state index is -0.450. The normalized spacial score (nSPS) is 11.5. The Morgan fingerprint density at radius 1 is 1.06 bits per heavy atom. The van der Waals surface area contributed by atoms with Crippen molar-refractivity contribution in [2.45, 2.75) is 26.5 Å². The lowest BCUT2D eigenvalue weighted by Crippen LogP contribution is -2.12. The molecule has 164 valence electrons. The van der Waals surface area contributed by atoms with Gasteiger partial charge in [0.05, 0.1) is 23.7 Å². The number of hydrogen-bond acceptors (Lipinski definition) is 5. The zero-order valence-corrected chi connectivity index (χ0v) is 18.3. The van der Waals surface area contributed by atoms with Gasteiger partial charge in [-0.1, -0.05) is 30.3 Å². The molecule has 0 aliphatic carbocycles. The molecule has 1 unspecified atom stereocenters. The van der Waals surface area contributed by atoms with Crippen molar-refractivity contribution in [2.75, 3.05) is 5.32 Å². The maximum atomic E-state index is 12.4. The van der Waals surface area contributed by atoms with Crippen LogP contribution in [0.2, 0.25) is 0 Å². The molecule has 0 spiro atoms. The number of rotatable bonds is 6. The number of amides is 1. The minimum Gasteiger partial charge on any atom is -0.456 e. The molecular formula is C26H22N4O3. The Morgan fingerprint density at radius 3 is 2.42 bits per heavy atom. The van der Waals surface area contributed by atoms with Gasteiger partial charge in [-0.3, -0.25) is 14.3 Å². The van der Waals surface area contributed by atoms with E-state index in [2.05, 4.69) is 5.32 Å². The number of carbonyl (C=O) groups excluding carboxylic acids is 2. The van der Waals surface area contributed by atoms with E-state index in [4.69, 9.17) is 15.1 Å². The number of nitriles is 1. The Bertz CT molecular complexity index is 1350. The first kappa shape index (κ1) is 21.8. The summed E-state index contributed by atoms with van der Waals surface area (Å²) in [7, 11) is 0. The Balaban J connectivity index is 1.50. The number of ether oxygens (including phenoxy) is 1. The van der Waals surface area contributed by atoms with E-state index >= 15 is 0 Å². The number of para-hydroxylation sites is 1. The van der Waals surface area contributed by atoms with Crippen LogP contribution in [-0.2, 0) is 16.1 Å². The minimum absolute atomic E-state index is 0.241. The highest BCUT2D eigenvalue weighted by atomic mass is 16.5. The lowest BCUT2D eigenvalue weighted by Gasteiger charge is -2.09. The van der Waals surface area contributed by atoms with E-state index in [0.717, 1.165) is 16.5 Å². The molecule has 1 heterocycles. The maximum absolute atomic E-state index is 12.4. The molecule has 1 N–H and O–H groups in total. The number of hydrogen-bond donors (Lipinski definition) is 1. The van der Waals surface area contributed by atoms with Crippen molar-refractivity contribution >= 4 is 28.5 Å². The molecule has 0 bridgehead atoms. The van der Waals surface area contributed by atoms with Gasteiger partial charge in [0.25, 0.3) is 5.91 Å². The predicted octanol–water partition coefficient (Wildman–Crippen LogP) is 4.83. The molecule has 0 saturated heterocycles. The van der Waals surface area contributed by atoms with Crippen LogP contribution in [0.1, 0.15) is 47.1 Å². The maximum Gasteiger partial charge on any atom is 0.303 e. The van der Waals surface area contributed by atoms with Crippen molar-refractivity contribution in [1.82, 2.24) is 9.78 Å². The van der Waals surface area contributed by atoms with Crippen LogP contribution in [0.4, 0.5) is 5.69 Å². The molecule has 1 aromatic heterocycles. The summed E-state index contributed by atoms with van der Waals surface area (Å²) in [5.74, 6) is -0.589. The average molecular weight is 438 g/mol. The fourth-order valence-corrected chi connectivity index (χ4v) is 3.64. The van der Waals surface area contributed by atoms with Gasteiger partial charge < -0.3 is 10.1 Å². The topological polar surface area (TPSA) is 97.0 Å². The monoisotopic (exact) mass is 438 g/mol. The second-order valence-electron chi connectivity index (χ2n) is 7.65. The summed E-state index contributed by atoms with van der Waals surface area (Å²) in [6.07, 6.45) is -0.450. The average Bonchev–Trinajstić information content (AvgIpc) is 3.18. The Kier molecular flexibility index (Phi) is 6.18. The van der Waals surface area contributed by atoms with Crippen LogP contribution >= 0.6 is 0 Å². The van der Waals surface area contributed by atoms with Crippen LogP contribution in [0.3, 0.4) is 0 Å². The van der Waals surface area contributed by atoms with Crippen LogP contribution < -0.4 is 5.32 Å². The van der Waals surface area contributed by atoms with Gasteiger partial charge >= 0.3 is 5.97 Å². The van der Waals surface area contributed by atoms with Gasteiger partial charge in [0.1, 0.15) is 11.8 Å². The van der Waals surface area contributed by atoms with Crippen molar-refractivity contribution in [3.8, 4) is 6.07 Å². The van der Waals surface area contributed by atoms with E-state index in [-0.39, 0.29) is 11.9 Å². The van der Waals surface area contributed by atoms with E-state index < -0.39 is 6.10 Å². The number of anilines is 1. The van der Waals surface area contributed by atoms with E-state index in [0.29, 0.717) is 29.1 Å². The summed E-state index contributed by atoms with van der Waals surface area (Å²) < 4.78 is 7.22. The molecule has 0 fully saturated rings. The number of benzene rings is 3. The van der Waals surface area contributed by atoms with Gasteiger partial charge in [-0.2, -0.15) is 10.4 Å². The first-order valence-corrected chi connectivity index (χ1v) is 10.5. The van der Waals surface area contributed by atoms with Crippen molar-refractivity contribution in [3.63, 3.8) is 0 Å². The number of fused-ring (bicyclic) bond motifs is 1. The first-order chi connectivity index (χ1) is 15.9. The van der Waals surface area contributed by atoms with E-state index in [1.54, 1.807) is 24.3 Å². The van der Waals surface area contributed by atoms with Crippen LogP contribution in [0.15, 0.2) is 72.8 Å². The third-order valence-corrected chi connectivity index (χ3v) is 5.23.